The molecule has 1 aromatic heterocycles. The van der Waals surface area contributed by atoms with Crippen LogP contribution in [0.3, 0.4) is 0 Å². The lowest BCUT2D eigenvalue weighted by Gasteiger charge is -2.45. The standard InChI is InChI=1S/C14H20IN3/c15-13-11-12(1-6-17-13)18-9-4-14(5-10-18)2-7-16-8-3-14/h1,6,11,16H,2-5,7-10H2. The van der Waals surface area contributed by atoms with Gasteiger partial charge in [0, 0.05) is 25.0 Å². The number of pyridine rings is 1. The number of nitrogens with zero attached hydrogens (tertiary/aromatic N) is 2. The molecule has 4 heteroatoms. The van der Waals surface area contributed by atoms with E-state index in [9.17, 15) is 0 Å². The van der Waals surface area contributed by atoms with Crippen LogP contribution in [0.15, 0.2) is 18.3 Å². The van der Waals surface area contributed by atoms with Crippen LogP contribution in [-0.2, 0) is 0 Å². The molecule has 1 N–H and O–H groups in total. The first-order chi connectivity index (χ1) is 8.77. The van der Waals surface area contributed by atoms with Crippen LogP contribution in [0, 0.1) is 9.12 Å². The zero-order valence-electron chi connectivity index (χ0n) is 10.7. The summed E-state index contributed by atoms with van der Waals surface area (Å²) in [6.45, 7) is 4.85. The number of anilines is 1. The Morgan fingerprint density at radius 3 is 2.56 bits per heavy atom. The lowest BCUT2D eigenvalue weighted by Crippen LogP contribution is -2.45. The number of aromatic nitrogens is 1. The largest absolute Gasteiger partial charge is 0.371 e. The summed E-state index contributed by atoms with van der Waals surface area (Å²) in [5.74, 6) is 0. The van der Waals surface area contributed by atoms with E-state index in [0.717, 1.165) is 3.70 Å². The lowest BCUT2D eigenvalue weighted by atomic mass is 9.71. The molecule has 0 aromatic carbocycles. The fourth-order valence-electron chi connectivity index (χ4n) is 3.29. The molecule has 0 radical (unpaired) electrons. The number of rotatable bonds is 1. The van der Waals surface area contributed by atoms with Gasteiger partial charge in [-0.15, -0.1) is 0 Å². The minimum absolute atomic E-state index is 0.641. The van der Waals surface area contributed by atoms with Crippen molar-refractivity contribution in [3.63, 3.8) is 0 Å². The van der Waals surface area contributed by atoms with E-state index in [1.54, 1.807) is 0 Å². The molecule has 2 aliphatic rings. The van der Waals surface area contributed by atoms with Gasteiger partial charge in [-0.3, -0.25) is 4.98 Å². The predicted molar refractivity (Wildman–Crippen MR) is 82.9 cm³/mol. The number of halogens is 1. The molecule has 0 saturated carbocycles. The van der Waals surface area contributed by atoms with Crippen molar-refractivity contribution in [1.29, 1.82) is 0 Å². The van der Waals surface area contributed by atoms with Gasteiger partial charge >= 0.3 is 0 Å². The third-order valence-corrected chi connectivity index (χ3v) is 5.15. The topological polar surface area (TPSA) is 28.2 Å². The fraction of sp³-hybridized carbons (Fsp3) is 0.643. The maximum atomic E-state index is 4.27. The normalized spacial score (nSPS) is 23.3. The second kappa shape index (κ2) is 5.33. The molecule has 0 amide bonds. The van der Waals surface area contributed by atoms with Crippen molar-refractivity contribution >= 4 is 28.3 Å². The minimum atomic E-state index is 0.641. The summed E-state index contributed by atoms with van der Waals surface area (Å²) in [4.78, 5) is 6.79. The van der Waals surface area contributed by atoms with Gasteiger partial charge in [-0.1, -0.05) is 0 Å². The van der Waals surface area contributed by atoms with Crippen LogP contribution in [-0.4, -0.2) is 31.2 Å². The molecular formula is C14H20IN3. The first-order valence-electron chi connectivity index (χ1n) is 6.85. The molecule has 1 aromatic rings. The Kier molecular flexibility index (Phi) is 3.75. The predicted octanol–water partition coefficient (Wildman–Crippen LogP) is 2.66. The Balaban J connectivity index is 1.66. The highest BCUT2D eigenvalue weighted by molar-refractivity contribution is 14.1. The smallest absolute Gasteiger partial charge is 0.103 e. The van der Waals surface area contributed by atoms with Gasteiger partial charge in [-0.05, 0) is 78.9 Å². The second-order valence-electron chi connectivity index (χ2n) is 5.57. The molecule has 2 aliphatic heterocycles. The zero-order chi connectivity index (χ0) is 12.4. The number of nitrogens with one attached hydrogen (secondary N) is 1. The van der Waals surface area contributed by atoms with Crippen molar-refractivity contribution in [2.75, 3.05) is 31.1 Å². The van der Waals surface area contributed by atoms with Crippen LogP contribution in [0.1, 0.15) is 25.7 Å². The third-order valence-electron chi connectivity index (χ3n) is 4.56. The van der Waals surface area contributed by atoms with Gasteiger partial charge in [-0.25, -0.2) is 0 Å². The third kappa shape index (κ3) is 2.64. The average Bonchev–Trinajstić information content (AvgIpc) is 2.40. The van der Waals surface area contributed by atoms with E-state index in [0.29, 0.717) is 5.41 Å². The Labute approximate surface area is 122 Å². The van der Waals surface area contributed by atoms with Gasteiger partial charge in [0.05, 0.1) is 0 Å². The fourth-order valence-corrected chi connectivity index (χ4v) is 3.77. The van der Waals surface area contributed by atoms with E-state index in [4.69, 9.17) is 0 Å². The highest BCUT2D eigenvalue weighted by Crippen LogP contribution is 2.40. The maximum absolute atomic E-state index is 4.27. The van der Waals surface area contributed by atoms with E-state index in [-0.39, 0.29) is 0 Å². The zero-order valence-corrected chi connectivity index (χ0v) is 12.8. The summed E-state index contributed by atoms with van der Waals surface area (Å²) in [6, 6.07) is 4.34. The summed E-state index contributed by atoms with van der Waals surface area (Å²) in [7, 11) is 0. The molecule has 3 heterocycles. The molecule has 2 saturated heterocycles. The highest BCUT2D eigenvalue weighted by Gasteiger charge is 2.35. The molecule has 18 heavy (non-hydrogen) atoms. The summed E-state index contributed by atoms with van der Waals surface area (Å²) in [6.07, 6.45) is 7.37. The van der Waals surface area contributed by atoms with Crippen molar-refractivity contribution in [2.45, 2.75) is 25.7 Å². The SMILES string of the molecule is Ic1cc(N2CCC3(CCNCC3)CC2)ccn1. The van der Waals surface area contributed by atoms with E-state index in [1.165, 1.54) is 57.5 Å². The average molecular weight is 357 g/mol. The summed E-state index contributed by atoms with van der Waals surface area (Å²) >= 11 is 2.29. The van der Waals surface area contributed by atoms with Crippen molar-refractivity contribution < 1.29 is 0 Å². The first kappa shape index (κ1) is 12.7. The van der Waals surface area contributed by atoms with Gasteiger partial charge in [0.25, 0.3) is 0 Å². The molecule has 98 valence electrons. The Hall–Kier alpha value is -0.360. The molecule has 3 nitrogen and oxygen atoms in total. The van der Waals surface area contributed by atoms with Crippen LogP contribution in [0.5, 0.6) is 0 Å². The van der Waals surface area contributed by atoms with Gasteiger partial charge in [0.1, 0.15) is 3.70 Å². The van der Waals surface area contributed by atoms with Gasteiger partial charge in [0.2, 0.25) is 0 Å². The molecular weight excluding hydrogens is 337 g/mol. The van der Waals surface area contributed by atoms with E-state index >= 15 is 0 Å². The van der Waals surface area contributed by atoms with Crippen molar-refractivity contribution in [1.82, 2.24) is 10.3 Å². The molecule has 2 fully saturated rings. The number of piperidine rings is 2. The quantitative estimate of drug-likeness (QED) is 0.619. The Morgan fingerprint density at radius 2 is 1.89 bits per heavy atom. The van der Waals surface area contributed by atoms with Gasteiger partial charge < -0.3 is 10.2 Å². The van der Waals surface area contributed by atoms with Crippen molar-refractivity contribution in [3.8, 4) is 0 Å². The number of hydrogen-bond acceptors (Lipinski definition) is 3. The molecule has 0 aliphatic carbocycles. The second-order valence-corrected chi connectivity index (χ2v) is 6.68. The Bertz CT molecular complexity index is 405. The molecule has 3 rings (SSSR count). The first-order valence-corrected chi connectivity index (χ1v) is 7.93. The van der Waals surface area contributed by atoms with Crippen LogP contribution in [0.4, 0.5) is 5.69 Å². The van der Waals surface area contributed by atoms with Gasteiger partial charge in [0.15, 0.2) is 0 Å². The summed E-state index contributed by atoms with van der Waals surface area (Å²) in [5.41, 5.74) is 1.99. The highest BCUT2D eigenvalue weighted by atomic mass is 127. The van der Waals surface area contributed by atoms with Crippen LogP contribution >= 0.6 is 22.6 Å². The van der Waals surface area contributed by atoms with Crippen LogP contribution < -0.4 is 10.2 Å². The Morgan fingerprint density at radius 1 is 1.17 bits per heavy atom. The summed E-state index contributed by atoms with van der Waals surface area (Å²) < 4.78 is 1.09. The van der Waals surface area contributed by atoms with Gasteiger partial charge in [-0.2, -0.15) is 0 Å². The maximum Gasteiger partial charge on any atom is 0.103 e. The molecule has 0 bridgehead atoms. The van der Waals surface area contributed by atoms with E-state index in [1.807, 2.05) is 6.20 Å². The molecule has 1 spiro atoms. The minimum Gasteiger partial charge on any atom is -0.371 e. The molecule has 0 unspecified atom stereocenters. The van der Waals surface area contributed by atoms with Crippen molar-refractivity contribution in [2.24, 2.45) is 5.41 Å². The number of hydrogen-bond donors (Lipinski definition) is 1. The lowest BCUT2D eigenvalue weighted by molar-refractivity contribution is 0.155. The monoisotopic (exact) mass is 357 g/mol. The van der Waals surface area contributed by atoms with E-state index in [2.05, 4.69) is 49.9 Å². The molecule has 0 atom stereocenters. The summed E-state index contributed by atoms with van der Waals surface area (Å²) in [5, 5.41) is 3.48. The van der Waals surface area contributed by atoms with E-state index < -0.39 is 0 Å². The van der Waals surface area contributed by atoms with Crippen LogP contribution in [0.25, 0.3) is 0 Å². The van der Waals surface area contributed by atoms with Crippen LogP contribution in [0.2, 0.25) is 0 Å². The van der Waals surface area contributed by atoms with Crippen molar-refractivity contribution in [3.05, 3.63) is 22.0 Å².